The Balaban J connectivity index is 3.04. The maximum absolute atomic E-state index is 12.7. The summed E-state index contributed by atoms with van der Waals surface area (Å²) in [5.41, 5.74) is 0. The van der Waals surface area contributed by atoms with Crippen LogP contribution in [0.25, 0.3) is 0 Å². The lowest BCUT2D eigenvalue weighted by Gasteiger charge is -2.26. The van der Waals surface area contributed by atoms with E-state index >= 15 is 0 Å². The molecule has 0 aromatic heterocycles. The molecule has 0 amide bonds. The number of alkyl halides is 10. The van der Waals surface area contributed by atoms with Gasteiger partial charge < -0.3 is 14.0 Å². The number of halogens is 10. The van der Waals surface area contributed by atoms with Crippen LogP contribution in [-0.2, 0) is 9.31 Å². The predicted molar refractivity (Wildman–Crippen MR) is 57.0 cm³/mol. The van der Waals surface area contributed by atoms with Crippen LogP contribution in [0.15, 0.2) is 30.3 Å². The zero-order valence-electron chi connectivity index (χ0n) is 11.0. The molecule has 0 saturated heterocycles. The van der Waals surface area contributed by atoms with E-state index < -0.39 is 37.6 Å². The molecule has 0 radical (unpaired) electrons. The van der Waals surface area contributed by atoms with Crippen molar-refractivity contribution in [2.24, 2.45) is 0 Å². The van der Waals surface area contributed by atoms with Gasteiger partial charge in [-0.25, -0.2) is 0 Å². The van der Waals surface area contributed by atoms with Gasteiger partial charge in [0.15, 0.2) is 0 Å². The van der Waals surface area contributed by atoms with Gasteiger partial charge in [-0.1, -0.05) is 18.2 Å². The number of benzene rings is 1. The molecule has 0 bridgehead atoms. The van der Waals surface area contributed by atoms with Crippen LogP contribution in [0.4, 0.5) is 43.9 Å². The van der Waals surface area contributed by atoms with Crippen LogP contribution in [0, 0.1) is 0 Å². The van der Waals surface area contributed by atoms with E-state index in [0.29, 0.717) is 0 Å². The second-order valence-electron chi connectivity index (χ2n) is 3.98. The van der Waals surface area contributed by atoms with Gasteiger partial charge in [-0.05, 0) is 12.1 Å². The van der Waals surface area contributed by atoms with E-state index in [0.717, 1.165) is 24.3 Å². The Bertz CT molecular complexity index is 502. The molecule has 1 rings (SSSR count). The van der Waals surface area contributed by atoms with Crippen molar-refractivity contribution in [2.45, 2.75) is 24.6 Å². The molecule has 0 atom stereocenters. The molecule has 0 saturated carbocycles. The summed E-state index contributed by atoms with van der Waals surface area (Å²) in [5.74, 6) is -0.668. The standard InChI is InChI=1S/C10H5BF10O3/c12-7(13,14)9(18,19)23-11(22-6-4-2-1-3-5-6)24-10(20,21)8(15,16)17/h1-5H. The summed E-state index contributed by atoms with van der Waals surface area (Å²) in [7, 11) is -3.72. The zero-order valence-corrected chi connectivity index (χ0v) is 11.0. The third-order valence-corrected chi connectivity index (χ3v) is 2.12. The fourth-order valence-electron chi connectivity index (χ4n) is 1.06. The largest absolute Gasteiger partial charge is 0.722 e. The molecule has 1 aromatic rings. The highest BCUT2D eigenvalue weighted by atomic mass is 19.4. The third kappa shape index (κ3) is 5.16. The quantitative estimate of drug-likeness (QED) is 0.546. The van der Waals surface area contributed by atoms with Gasteiger partial charge in [-0.2, -0.15) is 43.9 Å². The third-order valence-electron chi connectivity index (χ3n) is 2.12. The number of hydrogen-bond acceptors (Lipinski definition) is 3. The van der Waals surface area contributed by atoms with E-state index in [-0.39, 0.29) is 0 Å². The normalized spacial score (nSPS) is 13.8. The highest BCUT2D eigenvalue weighted by Gasteiger charge is 2.67. The molecule has 1 aromatic carbocycles. The summed E-state index contributed by atoms with van der Waals surface area (Å²) in [5, 5.41) is 0. The molecule has 0 aliphatic rings. The fourth-order valence-corrected chi connectivity index (χ4v) is 1.06. The van der Waals surface area contributed by atoms with Gasteiger partial charge in [0.2, 0.25) is 0 Å². The maximum Gasteiger partial charge on any atom is 0.722 e. The van der Waals surface area contributed by atoms with Gasteiger partial charge in [-0.15, -0.1) is 0 Å². The van der Waals surface area contributed by atoms with Gasteiger partial charge in [-0.3, -0.25) is 0 Å². The predicted octanol–water partition coefficient (Wildman–Crippen LogP) is 4.39. The lowest BCUT2D eigenvalue weighted by atomic mass is 10.2. The number of para-hydroxylation sites is 1. The Morgan fingerprint density at radius 2 is 1.00 bits per heavy atom. The van der Waals surface area contributed by atoms with E-state index in [9.17, 15) is 43.9 Å². The summed E-state index contributed by atoms with van der Waals surface area (Å²) in [6.07, 6.45) is -25.1. The first-order valence-electron chi connectivity index (χ1n) is 5.62. The molecule has 0 heterocycles. The minimum atomic E-state index is -6.41. The number of rotatable bonds is 6. The van der Waals surface area contributed by atoms with Crippen LogP contribution >= 0.6 is 0 Å². The molecule has 0 aliphatic carbocycles. The summed E-state index contributed by atoms with van der Waals surface area (Å²) in [4.78, 5) is 0. The molecule has 0 aliphatic heterocycles. The highest BCUT2D eigenvalue weighted by molar-refractivity contribution is 6.37. The molecule has 24 heavy (non-hydrogen) atoms. The SMILES string of the molecule is FC(F)(F)C(F)(F)OB(Oc1ccccc1)OC(F)(F)C(F)(F)F. The summed E-state index contributed by atoms with van der Waals surface area (Å²) in [6, 6.07) is 5.26. The molecule has 0 unspecified atom stereocenters. The molecular weight excluding hydrogens is 369 g/mol. The average molecular weight is 374 g/mol. The first kappa shape index (κ1) is 20.3. The molecular formula is C10H5BF10O3. The van der Waals surface area contributed by atoms with Gasteiger partial charge in [0.05, 0.1) is 0 Å². The highest BCUT2D eigenvalue weighted by Crippen LogP contribution is 2.40. The van der Waals surface area contributed by atoms with Crippen LogP contribution in [0.2, 0.25) is 0 Å². The van der Waals surface area contributed by atoms with Crippen molar-refractivity contribution in [3.05, 3.63) is 30.3 Å². The van der Waals surface area contributed by atoms with Crippen molar-refractivity contribution in [3.8, 4) is 5.75 Å². The van der Waals surface area contributed by atoms with E-state index in [1.165, 1.54) is 6.07 Å². The van der Waals surface area contributed by atoms with Crippen molar-refractivity contribution in [2.75, 3.05) is 0 Å². The Morgan fingerprint density at radius 3 is 1.33 bits per heavy atom. The monoisotopic (exact) mass is 374 g/mol. The Morgan fingerprint density at radius 1 is 0.625 bits per heavy atom. The van der Waals surface area contributed by atoms with Crippen molar-refractivity contribution in [1.82, 2.24) is 0 Å². The molecule has 0 fully saturated rings. The van der Waals surface area contributed by atoms with Crippen LogP contribution in [0.5, 0.6) is 5.75 Å². The molecule has 3 nitrogen and oxygen atoms in total. The van der Waals surface area contributed by atoms with Crippen molar-refractivity contribution in [1.29, 1.82) is 0 Å². The average Bonchev–Trinajstić information content (AvgIpc) is 2.35. The lowest BCUT2D eigenvalue weighted by Crippen LogP contribution is -2.52. The van der Waals surface area contributed by atoms with Gasteiger partial charge in [0.25, 0.3) is 0 Å². The van der Waals surface area contributed by atoms with E-state index in [2.05, 4.69) is 14.0 Å². The van der Waals surface area contributed by atoms with Gasteiger partial charge in [0, 0.05) is 0 Å². The fraction of sp³-hybridized carbons (Fsp3) is 0.400. The van der Waals surface area contributed by atoms with Crippen LogP contribution < -0.4 is 4.65 Å². The summed E-state index contributed by atoms with van der Waals surface area (Å²) < 4.78 is 133. The van der Waals surface area contributed by atoms with Crippen LogP contribution in [0.3, 0.4) is 0 Å². The smallest absolute Gasteiger partial charge is 0.512 e. The van der Waals surface area contributed by atoms with Gasteiger partial charge >= 0.3 is 31.9 Å². The molecule has 14 heteroatoms. The minimum Gasteiger partial charge on any atom is -0.512 e. The topological polar surface area (TPSA) is 27.7 Å². The van der Waals surface area contributed by atoms with Crippen molar-refractivity contribution < 1.29 is 57.9 Å². The Hall–Kier alpha value is -1.70. The minimum absolute atomic E-state index is 0.668. The lowest BCUT2D eigenvalue weighted by molar-refractivity contribution is -0.392. The van der Waals surface area contributed by atoms with Gasteiger partial charge in [0.1, 0.15) is 5.75 Å². The van der Waals surface area contributed by atoms with E-state index in [4.69, 9.17) is 0 Å². The molecule has 136 valence electrons. The van der Waals surface area contributed by atoms with E-state index in [1.54, 1.807) is 0 Å². The first-order chi connectivity index (χ1) is 10.7. The maximum atomic E-state index is 12.7. The second-order valence-corrected chi connectivity index (χ2v) is 3.98. The van der Waals surface area contributed by atoms with Crippen molar-refractivity contribution in [3.63, 3.8) is 0 Å². The van der Waals surface area contributed by atoms with Crippen LogP contribution in [-0.4, -0.2) is 31.9 Å². The molecule has 0 spiro atoms. The summed E-state index contributed by atoms with van der Waals surface area (Å²) >= 11 is 0. The molecule has 0 N–H and O–H groups in total. The first-order valence-corrected chi connectivity index (χ1v) is 5.62. The Kier molecular flexibility index (Phi) is 5.65. The van der Waals surface area contributed by atoms with Crippen LogP contribution in [0.1, 0.15) is 0 Å². The summed E-state index contributed by atoms with van der Waals surface area (Å²) in [6.45, 7) is 0. The van der Waals surface area contributed by atoms with Crippen molar-refractivity contribution >= 4 is 7.32 Å². The second kappa shape index (κ2) is 6.66. The Labute approximate surface area is 127 Å². The van der Waals surface area contributed by atoms with E-state index in [1.807, 2.05) is 0 Å². The number of hydrogen-bond donors (Lipinski definition) is 0. The zero-order chi connectivity index (χ0) is 18.8.